The lowest BCUT2D eigenvalue weighted by molar-refractivity contribution is 0.936. The van der Waals surface area contributed by atoms with E-state index in [0.717, 1.165) is 11.4 Å². The molecule has 3 heteroatoms. The minimum Gasteiger partial charge on any atom is -0.384 e. The molecule has 0 aliphatic carbocycles. The van der Waals surface area contributed by atoms with Crippen molar-refractivity contribution in [2.24, 2.45) is 7.05 Å². The van der Waals surface area contributed by atoms with Gasteiger partial charge < -0.3 is 10.3 Å². The van der Waals surface area contributed by atoms with E-state index in [-0.39, 0.29) is 0 Å². The van der Waals surface area contributed by atoms with Gasteiger partial charge in [0, 0.05) is 12.6 Å². The quantitative estimate of drug-likeness (QED) is 0.769. The van der Waals surface area contributed by atoms with Crippen molar-refractivity contribution < 1.29 is 0 Å². The first-order chi connectivity index (χ1) is 7.08. The fourth-order valence-corrected chi connectivity index (χ4v) is 1.79. The van der Waals surface area contributed by atoms with Crippen LogP contribution in [0.1, 0.15) is 11.1 Å². The molecular weight excluding hydrogens is 186 g/mol. The van der Waals surface area contributed by atoms with E-state index in [0.29, 0.717) is 5.82 Å². The highest BCUT2D eigenvalue weighted by Crippen LogP contribution is 2.22. The van der Waals surface area contributed by atoms with Crippen LogP contribution < -0.4 is 5.73 Å². The third-order valence-corrected chi connectivity index (χ3v) is 2.50. The highest BCUT2D eigenvalue weighted by molar-refractivity contribution is 5.60. The van der Waals surface area contributed by atoms with Crippen molar-refractivity contribution in [3.05, 3.63) is 35.5 Å². The number of hydrogen-bond donors (Lipinski definition) is 1. The lowest BCUT2D eigenvalue weighted by atomic mass is 10.1. The van der Waals surface area contributed by atoms with Crippen molar-refractivity contribution in [2.75, 3.05) is 5.73 Å². The molecule has 2 aromatic rings. The average molecular weight is 201 g/mol. The maximum atomic E-state index is 5.75. The molecule has 0 aliphatic rings. The van der Waals surface area contributed by atoms with Gasteiger partial charge in [0.2, 0.25) is 0 Å². The first kappa shape index (κ1) is 9.77. The molecular formula is C12H15N3. The summed E-state index contributed by atoms with van der Waals surface area (Å²) in [6.45, 7) is 4.17. The summed E-state index contributed by atoms with van der Waals surface area (Å²) in [6, 6.07) is 6.39. The molecule has 0 atom stereocenters. The third-order valence-electron chi connectivity index (χ3n) is 2.50. The second-order valence-corrected chi connectivity index (χ2v) is 3.94. The minimum absolute atomic E-state index is 0.684. The molecule has 0 saturated heterocycles. The Morgan fingerprint density at radius 2 is 1.73 bits per heavy atom. The predicted octanol–water partition coefficient (Wildman–Crippen LogP) is 2.29. The van der Waals surface area contributed by atoms with Gasteiger partial charge in [0.1, 0.15) is 11.6 Å². The zero-order valence-corrected chi connectivity index (χ0v) is 9.28. The second-order valence-electron chi connectivity index (χ2n) is 3.94. The SMILES string of the molecule is Cc1cc(C)cc(-c2ncc(N)n2C)c1. The molecule has 1 aromatic heterocycles. The van der Waals surface area contributed by atoms with Gasteiger partial charge >= 0.3 is 0 Å². The molecule has 0 amide bonds. The lowest BCUT2D eigenvalue weighted by Gasteiger charge is -2.05. The molecule has 3 nitrogen and oxygen atoms in total. The van der Waals surface area contributed by atoms with Gasteiger partial charge in [0.15, 0.2) is 0 Å². The number of aromatic nitrogens is 2. The van der Waals surface area contributed by atoms with Gasteiger partial charge in [0.05, 0.1) is 6.20 Å². The number of anilines is 1. The molecule has 0 fully saturated rings. The summed E-state index contributed by atoms with van der Waals surface area (Å²) >= 11 is 0. The van der Waals surface area contributed by atoms with E-state index in [4.69, 9.17) is 5.73 Å². The Bertz CT molecular complexity index is 477. The van der Waals surface area contributed by atoms with Crippen LogP contribution in [0.5, 0.6) is 0 Å². The molecule has 1 heterocycles. The zero-order chi connectivity index (χ0) is 11.0. The van der Waals surface area contributed by atoms with Crippen molar-refractivity contribution in [3.8, 4) is 11.4 Å². The molecule has 1 aromatic carbocycles. The van der Waals surface area contributed by atoms with Crippen LogP contribution in [0.15, 0.2) is 24.4 Å². The van der Waals surface area contributed by atoms with E-state index < -0.39 is 0 Å². The van der Waals surface area contributed by atoms with Gasteiger partial charge in [-0.2, -0.15) is 0 Å². The van der Waals surface area contributed by atoms with E-state index in [1.165, 1.54) is 11.1 Å². The molecule has 2 rings (SSSR count). The number of aryl methyl sites for hydroxylation is 2. The molecule has 0 bridgehead atoms. The van der Waals surface area contributed by atoms with E-state index >= 15 is 0 Å². The maximum Gasteiger partial charge on any atom is 0.141 e. The highest BCUT2D eigenvalue weighted by Gasteiger charge is 2.06. The van der Waals surface area contributed by atoms with Crippen LogP contribution in [0.2, 0.25) is 0 Å². The van der Waals surface area contributed by atoms with Gasteiger partial charge in [-0.1, -0.05) is 17.2 Å². The van der Waals surface area contributed by atoms with E-state index in [1.54, 1.807) is 6.20 Å². The Kier molecular flexibility index (Phi) is 2.23. The lowest BCUT2D eigenvalue weighted by Crippen LogP contribution is -1.98. The molecule has 0 radical (unpaired) electrons. The number of nitrogen functional groups attached to an aromatic ring is 1. The topological polar surface area (TPSA) is 43.8 Å². The summed E-state index contributed by atoms with van der Waals surface area (Å²) in [5.41, 5.74) is 9.36. The first-order valence-electron chi connectivity index (χ1n) is 4.94. The second kappa shape index (κ2) is 3.42. The molecule has 0 unspecified atom stereocenters. The summed E-state index contributed by atoms with van der Waals surface area (Å²) < 4.78 is 1.90. The Morgan fingerprint density at radius 3 is 2.20 bits per heavy atom. The van der Waals surface area contributed by atoms with Crippen molar-refractivity contribution in [1.82, 2.24) is 9.55 Å². The third kappa shape index (κ3) is 1.73. The van der Waals surface area contributed by atoms with Crippen molar-refractivity contribution in [2.45, 2.75) is 13.8 Å². The summed E-state index contributed by atoms with van der Waals surface area (Å²) in [5, 5.41) is 0. The van der Waals surface area contributed by atoms with Crippen LogP contribution in [0.25, 0.3) is 11.4 Å². The Labute approximate surface area is 89.6 Å². The molecule has 15 heavy (non-hydrogen) atoms. The monoisotopic (exact) mass is 201 g/mol. The van der Waals surface area contributed by atoms with Crippen LogP contribution in [0.4, 0.5) is 5.82 Å². The standard InChI is InChI=1S/C12H15N3/c1-8-4-9(2)6-10(5-8)12-14-7-11(13)15(12)3/h4-7H,13H2,1-3H3. The maximum absolute atomic E-state index is 5.75. The van der Waals surface area contributed by atoms with Crippen LogP contribution >= 0.6 is 0 Å². The summed E-state index contributed by atoms with van der Waals surface area (Å²) in [6.07, 6.45) is 1.69. The van der Waals surface area contributed by atoms with Gasteiger partial charge in [0.25, 0.3) is 0 Å². The van der Waals surface area contributed by atoms with Gasteiger partial charge in [-0.25, -0.2) is 4.98 Å². The Hall–Kier alpha value is -1.77. The number of benzene rings is 1. The van der Waals surface area contributed by atoms with Crippen LogP contribution in [0, 0.1) is 13.8 Å². The van der Waals surface area contributed by atoms with Crippen molar-refractivity contribution in [3.63, 3.8) is 0 Å². The smallest absolute Gasteiger partial charge is 0.141 e. The molecule has 0 aliphatic heterocycles. The molecule has 2 N–H and O–H groups in total. The Balaban J connectivity index is 2.58. The van der Waals surface area contributed by atoms with Gasteiger partial charge in [-0.05, 0) is 26.0 Å². The summed E-state index contributed by atoms with van der Waals surface area (Å²) in [4.78, 5) is 4.31. The normalized spacial score (nSPS) is 10.6. The van der Waals surface area contributed by atoms with E-state index in [2.05, 4.69) is 37.0 Å². The summed E-state index contributed by atoms with van der Waals surface area (Å²) in [5.74, 6) is 1.60. The van der Waals surface area contributed by atoms with Gasteiger partial charge in [-0.3, -0.25) is 0 Å². The number of nitrogens with two attached hydrogens (primary N) is 1. The number of rotatable bonds is 1. The average Bonchev–Trinajstić information content (AvgIpc) is 2.46. The van der Waals surface area contributed by atoms with Crippen LogP contribution in [-0.4, -0.2) is 9.55 Å². The molecule has 78 valence electrons. The molecule has 0 spiro atoms. The van der Waals surface area contributed by atoms with Gasteiger partial charge in [-0.15, -0.1) is 0 Å². The fourth-order valence-electron chi connectivity index (χ4n) is 1.79. The van der Waals surface area contributed by atoms with Crippen molar-refractivity contribution in [1.29, 1.82) is 0 Å². The predicted molar refractivity (Wildman–Crippen MR) is 62.5 cm³/mol. The van der Waals surface area contributed by atoms with Crippen LogP contribution in [0.3, 0.4) is 0 Å². The largest absolute Gasteiger partial charge is 0.384 e. The Morgan fingerprint density at radius 1 is 1.13 bits per heavy atom. The number of hydrogen-bond acceptors (Lipinski definition) is 2. The number of nitrogens with zero attached hydrogens (tertiary/aromatic N) is 2. The fraction of sp³-hybridized carbons (Fsp3) is 0.250. The van der Waals surface area contributed by atoms with E-state index in [1.807, 2.05) is 11.6 Å². The molecule has 0 saturated carbocycles. The highest BCUT2D eigenvalue weighted by atomic mass is 15.1. The van der Waals surface area contributed by atoms with Crippen molar-refractivity contribution >= 4 is 5.82 Å². The number of imidazole rings is 1. The first-order valence-corrected chi connectivity index (χ1v) is 4.94. The van der Waals surface area contributed by atoms with E-state index in [9.17, 15) is 0 Å². The van der Waals surface area contributed by atoms with Crippen LogP contribution in [-0.2, 0) is 7.05 Å². The minimum atomic E-state index is 0.684. The summed E-state index contributed by atoms with van der Waals surface area (Å²) in [7, 11) is 1.93. The zero-order valence-electron chi connectivity index (χ0n) is 9.28.